The molecule has 1 fully saturated rings. The maximum Gasteiger partial charge on any atom is 0.161 e. The zero-order valence-electron chi connectivity index (χ0n) is 21.5. The Kier molecular flexibility index (Phi) is 9.60. The summed E-state index contributed by atoms with van der Waals surface area (Å²) < 4.78 is 19.6. The first kappa shape index (κ1) is 27.6. The molecule has 0 saturated carbocycles. The Morgan fingerprint density at radius 1 is 1.03 bits per heavy atom. The third-order valence-corrected chi connectivity index (χ3v) is 7.51. The summed E-state index contributed by atoms with van der Waals surface area (Å²) in [5, 5.41) is 12.1. The maximum absolute atomic E-state index is 11.2. The van der Waals surface area contributed by atoms with Crippen molar-refractivity contribution >= 4 is 23.2 Å². The van der Waals surface area contributed by atoms with Crippen LogP contribution in [0.4, 0.5) is 0 Å². The molecule has 1 aliphatic rings. The summed E-state index contributed by atoms with van der Waals surface area (Å²) in [6.07, 6.45) is 6.87. The normalized spacial score (nSPS) is 18.4. The van der Waals surface area contributed by atoms with Crippen LogP contribution < -0.4 is 14.2 Å². The Bertz CT molecular complexity index is 1170. The number of methoxy groups -OCH3 is 1. The van der Waals surface area contributed by atoms with Crippen LogP contribution >= 0.6 is 23.2 Å². The van der Waals surface area contributed by atoms with Crippen molar-refractivity contribution in [3.05, 3.63) is 70.2 Å². The molecule has 4 rings (SSSR count). The molecule has 1 atom stereocenters. The van der Waals surface area contributed by atoms with Crippen molar-refractivity contribution in [3.63, 3.8) is 0 Å². The molecule has 9 heteroatoms. The quantitative estimate of drug-likeness (QED) is 0.307. The number of halogens is 2. The van der Waals surface area contributed by atoms with Crippen molar-refractivity contribution in [2.24, 2.45) is 0 Å². The number of rotatable bonds is 11. The van der Waals surface area contributed by atoms with E-state index in [-0.39, 0.29) is 6.61 Å². The fraction of sp³-hybridized carbons (Fsp3) is 0.464. The average molecular weight is 549 g/mol. The Balaban J connectivity index is 1.26. The average Bonchev–Trinajstić information content (AvgIpc) is 3.21. The smallest absolute Gasteiger partial charge is 0.161 e. The van der Waals surface area contributed by atoms with Gasteiger partial charge in [0, 0.05) is 38.1 Å². The largest absolute Gasteiger partial charge is 0.493 e. The monoisotopic (exact) mass is 547 g/mol. The standard InChI is InChI=1S/C28H35Cl2N3O4/c1-21-31-11-15-33(21)13-4-16-36-26-8-5-22(17-27(26)35-2)19-32-12-3-9-28(34,10-14-32)20-37-23-6-7-24(29)25(30)18-23/h5-8,11,15,17-18,34H,3-4,9-10,12-14,16,19-20H2,1-2H3. The Hall–Kier alpha value is -2.45. The number of aryl methyl sites for hydroxylation is 2. The Labute approximate surface area is 228 Å². The molecule has 0 aliphatic carbocycles. The van der Waals surface area contributed by atoms with Gasteiger partial charge in [0.05, 0.1) is 29.4 Å². The van der Waals surface area contributed by atoms with E-state index in [0.29, 0.717) is 35.2 Å². The van der Waals surface area contributed by atoms with Crippen LogP contribution in [0.25, 0.3) is 0 Å². The third kappa shape index (κ3) is 7.77. The first-order chi connectivity index (χ1) is 17.8. The molecule has 1 aromatic heterocycles. The van der Waals surface area contributed by atoms with Gasteiger partial charge in [-0.25, -0.2) is 4.98 Å². The lowest BCUT2D eigenvalue weighted by molar-refractivity contribution is -0.0168. The molecule has 37 heavy (non-hydrogen) atoms. The summed E-state index contributed by atoms with van der Waals surface area (Å²) in [5.74, 6) is 3.10. The number of hydrogen-bond donors (Lipinski definition) is 1. The van der Waals surface area contributed by atoms with Crippen LogP contribution in [0.2, 0.25) is 10.0 Å². The maximum atomic E-state index is 11.2. The summed E-state index contributed by atoms with van der Waals surface area (Å²) in [6, 6.07) is 11.3. The lowest BCUT2D eigenvalue weighted by atomic mass is 9.96. The number of hydrogen-bond acceptors (Lipinski definition) is 6. The highest BCUT2D eigenvalue weighted by atomic mass is 35.5. The molecular formula is C28H35Cl2N3O4. The molecule has 3 aromatic rings. The predicted molar refractivity (Wildman–Crippen MR) is 146 cm³/mol. The van der Waals surface area contributed by atoms with Crippen molar-refractivity contribution < 1.29 is 19.3 Å². The molecule has 200 valence electrons. The van der Waals surface area contributed by atoms with Gasteiger partial charge in [-0.15, -0.1) is 0 Å². The van der Waals surface area contributed by atoms with E-state index < -0.39 is 5.60 Å². The first-order valence-electron chi connectivity index (χ1n) is 12.7. The zero-order valence-corrected chi connectivity index (χ0v) is 23.0. The van der Waals surface area contributed by atoms with Crippen LogP contribution in [0.3, 0.4) is 0 Å². The Morgan fingerprint density at radius 3 is 2.65 bits per heavy atom. The lowest BCUT2D eigenvalue weighted by Crippen LogP contribution is -2.37. The van der Waals surface area contributed by atoms with Crippen LogP contribution in [-0.2, 0) is 13.1 Å². The van der Waals surface area contributed by atoms with Gasteiger partial charge in [0.15, 0.2) is 11.5 Å². The highest BCUT2D eigenvalue weighted by Crippen LogP contribution is 2.31. The number of benzene rings is 2. The molecular weight excluding hydrogens is 513 g/mol. The highest BCUT2D eigenvalue weighted by Gasteiger charge is 2.31. The minimum absolute atomic E-state index is 0.221. The number of ether oxygens (including phenoxy) is 3. The van der Waals surface area contributed by atoms with E-state index in [0.717, 1.165) is 61.9 Å². The van der Waals surface area contributed by atoms with E-state index >= 15 is 0 Å². The van der Waals surface area contributed by atoms with E-state index in [4.69, 9.17) is 37.4 Å². The second kappa shape index (κ2) is 12.9. The zero-order chi connectivity index (χ0) is 26.3. The lowest BCUT2D eigenvalue weighted by Gasteiger charge is -2.27. The second-order valence-corrected chi connectivity index (χ2v) is 10.4. The molecule has 2 heterocycles. The number of likely N-dealkylation sites (tertiary alicyclic amines) is 1. The van der Waals surface area contributed by atoms with Gasteiger partial charge in [-0.3, -0.25) is 4.90 Å². The molecule has 1 aliphatic heterocycles. The van der Waals surface area contributed by atoms with Crippen molar-refractivity contribution in [2.75, 3.05) is 33.4 Å². The summed E-state index contributed by atoms with van der Waals surface area (Å²) in [7, 11) is 1.67. The van der Waals surface area contributed by atoms with Crippen LogP contribution in [0.1, 0.15) is 37.1 Å². The summed E-state index contributed by atoms with van der Waals surface area (Å²) in [5.41, 5.74) is 0.265. The molecule has 0 bridgehead atoms. The molecule has 1 saturated heterocycles. The molecule has 7 nitrogen and oxygen atoms in total. The van der Waals surface area contributed by atoms with Gasteiger partial charge in [0.1, 0.15) is 18.2 Å². The van der Waals surface area contributed by atoms with E-state index in [1.54, 1.807) is 25.3 Å². The first-order valence-corrected chi connectivity index (χ1v) is 13.4. The van der Waals surface area contributed by atoms with Gasteiger partial charge >= 0.3 is 0 Å². The van der Waals surface area contributed by atoms with Crippen LogP contribution in [0, 0.1) is 6.92 Å². The fourth-order valence-corrected chi connectivity index (χ4v) is 4.85. The van der Waals surface area contributed by atoms with E-state index in [9.17, 15) is 5.11 Å². The Morgan fingerprint density at radius 2 is 1.89 bits per heavy atom. The highest BCUT2D eigenvalue weighted by molar-refractivity contribution is 6.42. The SMILES string of the molecule is COc1cc(CN2CCCC(O)(COc3ccc(Cl)c(Cl)c3)CC2)ccc1OCCCn1ccnc1C. The van der Waals surface area contributed by atoms with Crippen LogP contribution in [0.15, 0.2) is 48.8 Å². The number of aromatic nitrogens is 2. The molecule has 0 radical (unpaired) electrons. The van der Waals surface area contributed by atoms with Gasteiger partial charge < -0.3 is 23.9 Å². The second-order valence-electron chi connectivity index (χ2n) is 9.57. The van der Waals surface area contributed by atoms with E-state index in [1.807, 2.05) is 31.5 Å². The van der Waals surface area contributed by atoms with Gasteiger partial charge in [0.2, 0.25) is 0 Å². The van der Waals surface area contributed by atoms with Crippen LogP contribution in [0.5, 0.6) is 17.2 Å². The summed E-state index contributed by atoms with van der Waals surface area (Å²) in [4.78, 5) is 6.61. The number of nitrogens with zero attached hydrogens (tertiary/aromatic N) is 3. The van der Waals surface area contributed by atoms with Gasteiger partial charge in [-0.05, 0) is 69.0 Å². The van der Waals surface area contributed by atoms with Crippen molar-refractivity contribution in [3.8, 4) is 17.2 Å². The molecule has 0 amide bonds. The van der Waals surface area contributed by atoms with Crippen molar-refractivity contribution in [1.29, 1.82) is 0 Å². The van der Waals surface area contributed by atoms with Crippen molar-refractivity contribution in [1.82, 2.24) is 14.5 Å². The molecule has 1 unspecified atom stereocenters. The minimum atomic E-state index is -0.883. The predicted octanol–water partition coefficient (Wildman–Crippen LogP) is 5.77. The van der Waals surface area contributed by atoms with Crippen molar-refractivity contribution in [2.45, 2.75) is 51.3 Å². The van der Waals surface area contributed by atoms with Gasteiger partial charge in [0.25, 0.3) is 0 Å². The van der Waals surface area contributed by atoms with E-state index in [2.05, 4.69) is 20.5 Å². The summed E-state index contributed by atoms with van der Waals surface area (Å²) in [6.45, 7) is 6.14. The molecule has 0 spiro atoms. The molecule has 2 aromatic carbocycles. The minimum Gasteiger partial charge on any atom is -0.493 e. The topological polar surface area (TPSA) is 69.0 Å². The molecule has 1 N–H and O–H groups in total. The van der Waals surface area contributed by atoms with E-state index in [1.165, 1.54) is 0 Å². The number of aliphatic hydroxyl groups is 1. The van der Waals surface area contributed by atoms with Crippen LogP contribution in [-0.4, -0.2) is 58.6 Å². The van der Waals surface area contributed by atoms with Gasteiger partial charge in [-0.2, -0.15) is 0 Å². The van der Waals surface area contributed by atoms with Gasteiger partial charge in [-0.1, -0.05) is 29.3 Å². The fourth-order valence-electron chi connectivity index (χ4n) is 4.57. The third-order valence-electron chi connectivity index (χ3n) is 6.77. The number of imidazole rings is 1. The summed E-state index contributed by atoms with van der Waals surface area (Å²) >= 11 is 12.1.